The molecule has 6 heteroatoms. The minimum atomic E-state index is -0.563. The number of hydrogen-bond donors (Lipinski definition) is 2. The Balaban J connectivity index is 1.72. The molecule has 0 aromatic heterocycles. The third kappa shape index (κ3) is 5.36. The van der Waals surface area contributed by atoms with Crippen LogP contribution in [0.3, 0.4) is 0 Å². The number of carbonyl (C=O) groups is 2. The van der Waals surface area contributed by atoms with Gasteiger partial charge < -0.3 is 15.3 Å². The van der Waals surface area contributed by atoms with E-state index >= 15 is 0 Å². The summed E-state index contributed by atoms with van der Waals surface area (Å²) in [7, 11) is 0. The van der Waals surface area contributed by atoms with Crippen LogP contribution in [0, 0.1) is 11.8 Å². The van der Waals surface area contributed by atoms with Crippen molar-refractivity contribution in [3.8, 4) is 0 Å². The first-order chi connectivity index (χ1) is 16.9. The van der Waals surface area contributed by atoms with Gasteiger partial charge in [-0.05, 0) is 42.0 Å². The molecule has 2 amide bonds. The molecule has 4 rings (SSSR count). The second-order valence-corrected chi connectivity index (χ2v) is 10.1. The molecule has 2 aromatic rings. The molecule has 4 atom stereocenters. The van der Waals surface area contributed by atoms with E-state index in [-0.39, 0.29) is 30.3 Å². The number of halogens is 1. The van der Waals surface area contributed by atoms with E-state index in [4.69, 9.17) is 11.6 Å². The summed E-state index contributed by atoms with van der Waals surface area (Å²) in [6.45, 7) is 4.32. The van der Waals surface area contributed by atoms with Crippen molar-refractivity contribution >= 4 is 23.4 Å². The average molecular weight is 493 g/mol. The van der Waals surface area contributed by atoms with Crippen LogP contribution in [-0.4, -0.2) is 47.1 Å². The molecule has 0 saturated carbocycles. The fourth-order valence-electron chi connectivity index (χ4n) is 5.27. The molecule has 0 radical (unpaired) electrons. The van der Waals surface area contributed by atoms with E-state index in [0.29, 0.717) is 23.6 Å². The molecule has 0 saturated heterocycles. The molecule has 35 heavy (non-hydrogen) atoms. The number of rotatable bonds is 8. The predicted molar refractivity (Wildman–Crippen MR) is 139 cm³/mol. The normalized spacial score (nSPS) is 22.5. The number of nitrogens with one attached hydrogen (secondary N) is 1. The summed E-state index contributed by atoms with van der Waals surface area (Å²) in [6, 6.07) is 16.6. The maximum absolute atomic E-state index is 13.8. The number of hydrogen-bond acceptors (Lipinski definition) is 3. The van der Waals surface area contributed by atoms with E-state index < -0.39 is 18.0 Å². The second-order valence-electron chi connectivity index (χ2n) is 9.64. The maximum Gasteiger partial charge on any atom is 0.254 e. The van der Waals surface area contributed by atoms with E-state index in [1.165, 1.54) is 0 Å². The van der Waals surface area contributed by atoms with Gasteiger partial charge in [-0.2, -0.15) is 0 Å². The molecule has 2 aliphatic rings. The average Bonchev–Trinajstić information content (AvgIpc) is 2.86. The second kappa shape index (κ2) is 11.2. The zero-order valence-corrected chi connectivity index (χ0v) is 21.0. The fraction of sp³-hybridized carbons (Fsp3) is 0.379. The van der Waals surface area contributed by atoms with Crippen molar-refractivity contribution in [2.75, 3.05) is 13.2 Å². The van der Waals surface area contributed by atoms with Crippen LogP contribution in [0.4, 0.5) is 0 Å². The van der Waals surface area contributed by atoms with E-state index in [0.717, 1.165) is 17.5 Å². The third-order valence-corrected chi connectivity index (χ3v) is 7.38. The first-order valence-electron chi connectivity index (χ1n) is 12.3. The van der Waals surface area contributed by atoms with Gasteiger partial charge in [0.05, 0.1) is 24.6 Å². The van der Waals surface area contributed by atoms with Crippen molar-refractivity contribution in [2.24, 2.45) is 11.8 Å². The number of carbonyl (C=O) groups excluding carboxylic acids is 2. The quantitative estimate of drug-likeness (QED) is 0.562. The Bertz CT molecular complexity index is 1110. The highest BCUT2D eigenvalue weighted by Crippen LogP contribution is 2.42. The molecule has 2 N–H and O–H groups in total. The van der Waals surface area contributed by atoms with Crippen molar-refractivity contribution < 1.29 is 14.7 Å². The Morgan fingerprint density at radius 3 is 2.51 bits per heavy atom. The van der Waals surface area contributed by atoms with Crippen molar-refractivity contribution in [3.63, 3.8) is 0 Å². The summed E-state index contributed by atoms with van der Waals surface area (Å²) >= 11 is 6.21. The van der Waals surface area contributed by atoms with Crippen LogP contribution in [-0.2, 0) is 11.2 Å². The number of nitrogens with zero attached hydrogens (tertiary/aromatic N) is 1. The Hall–Kier alpha value is -2.89. The lowest BCUT2D eigenvalue weighted by Crippen LogP contribution is -2.60. The first-order valence-corrected chi connectivity index (χ1v) is 12.7. The molecular weight excluding hydrogens is 460 g/mol. The van der Waals surface area contributed by atoms with Crippen molar-refractivity contribution in [3.05, 3.63) is 94.5 Å². The summed E-state index contributed by atoms with van der Waals surface area (Å²) in [5, 5.41) is 14.1. The smallest absolute Gasteiger partial charge is 0.254 e. The topological polar surface area (TPSA) is 69.6 Å². The Labute approximate surface area is 212 Å². The zero-order chi connectivity index (χ0) is 24.9. The lowest BCUT2D eigenvalue weighted by atomic mass is 9.73. The monoisotopic (exact) mass is 492 g/mol. The number of benzene rings is 2. The van der Waals surface area contributed by atoms with Crippen LogP contribution in [0.2, 0.25) is 0 Å². The van der Waals surface area contributed by atoms with Crippen molar-refractivity contribution in [2.45, 2.75) is 44.7 Å². The minimum Gasteiger partial charge on any atom is -0.394 e. The number of allylic oxidation sites excluding steroid dienone is 3. The molecular formula is C29H33ClN2O3. The maximum atomic E-state index is 13.8. The van der Waals surface area contributed by atoms with Crippen molar-refractivity contribution in [1.29, 1.82) is 0 Å². The first kappa shape index (κ1) is 25.2. The highest BCUT2D eigenvalue weighted by Gasteiger charge is 2.48. The Morgan fingerprint density at radius 2 is 1.86 bits per heavy atom. The number of amides is 2. The molecule has 1 unspecified atom stereocenters. The van der Waals surface area contributed by atoms with E-state index in [1.807, 2.05) is 80.6 Å². The van der Waals surface area contributed by atoms with Gasteiger partial charge in [-0.15, -0.1) is 0 Å². The van der Waals surface area contributed by atoms with E-state index in [9.17, 15) is 14.7 Å². The van der Waals surface area contributed by atoms with Crippen LogP contribution in [0.5, 0.6) is 0 Å². The van der Waals surface area contributed by atoms with Crippen LogP contribution >= 0.6 is 11.6 Å². The van der Waals surface area contributed by atoms with Gasteiger partial charge >= 0.3 is 0 Å². The molecule has 1 heterocycles. The molecule has 1 aliphatic carbocycles. The lowest BCUT2D eigenvalue weighted by Gasteiger charge is -2.49. The molecule has 0 spiro atoms. The van der Waals surface area contributed by atoms with Crippen LogP contribution < -0.4 is 5.32 Å². The van der Waals surface area contributed by atoms with Crippen molar-refractivity contribution in [1.82, 2.24) is 10.2 Å². The summed E-state index contributed by atoms with van der Waals surface area (Å²) in [6.07, 6.45) is 7.12. The predicted octanol–water partition coefficient (Wildman–Crippen LogP) is 4.67. The Kier molecular flexibility index (Phi) is 8.09. The summed E-state index contributed by atoms with van der Waals surface area (Å²) in [5.41, 5.74) is 2.42. The Morgan fingerprint density at radius 1 is 1.14 bits per heavy atom. The molecule has 1 aliphatic heterocycles. The summed E-state index contributed by atoms with van der Waals surface area (Å²) in [5.74, 6) is -0.892. The summed E-state index contributed by atoms with van der Waals surface area (Å²) in [4.78, 5) is 29.4. The zero-order valence-electron chi connectivity index (χ0n) is 20.2. The van der Waals surface area contributed by atoms with Gasteiger partial charge in [0.1, 0.15) is 0 Å². The van der Waals surface area contributed by atoms with Crippen LogP contribution in [0.1, 0.15) is 47.7 Å². The van der Waals surface area contributed by atoms with Gasteiger partial charge in [-0.3, -0.25) is 9.59 Å². The third-order valence-electron chi connectivity index (χ3n) is 7.10. The lowest BCUT2D eigenvalue weighted by molar-refractivity contribution is -0.125. The van der Waals surface area contributed by atoms with Crippen LogP contribution in [0.15, 0.2) is 77.9 Å². The van der Waals surface area contributed by atoms with Crippen LogP contribution in [0.25, 0.3) is 0 Å². The van der Waals surface area contributed by atoms with E-state index in [1.54, 1.807) is 11.0 Å². The number of aliphatic hydroxyl groups excluding tert-OH is 1. The van der Waals surface area contributed by atoms with Gasteiger partial charge in [-0.1, -0.05) is 86.1 Å². The van der Waals surface area contributed by atoms with Gasteiger partial charge in [0.2, 0.25) is 5.91 Å². The highest BCUT2D eigenvalue weighted by molar-refractivity contribution is 6.31. The van der Waals surface area contributed by atoms with E-state index in [2.05, 4.69) is 5.32 Å². The number of aliphatic hydroxyl groups is 1. The SMILES string of the molecule is CC(C)[C@@H](CO)N1C(=O)c2ccccc2[C@H](C(=O)NCCc2ccccc2)[C@H]1C1C=CC(Cl)=CC1. The minimum absolute atomic E-state index is 0.0187. The summed E-state index contributed by atoms with van der Waals surface area (Å²) < 4.78 is 0. The molecule has 184 valence electrons. The largest absolute Gasteiger partial charge is 0.394 e. The molecule has 5 nitrogen and oxygen atoms in total. The molecule has 2 aromatic carbocycles. The van der Waals surface area contributed by atoms with Gasteiger partial charge in [-0.25, -0.2) is 0 Å². The van der Waals surface area contributed by atoms with Gasteiger partial charge in [0.25, 0.3) is 5.91 Å². The van der Waals surface area contributed by atoms with Gasteiger partial charge in [0, 0.05) is 23.1 Å². The fourth-order valence-corrected chi connectivity index (χ4v) is 5.43. The van der Waals surface area contributed by atoms with Gasteiger partial charge in [0.15, 0.2) is 0 Å². The molecule has 0 bridgehead atoms. The highest BCUT2D eigenvalue weighted by atomic mass is 35.5. The standard InChI is InChI=1S/C29H33ClN2O3/c1-19(2)25(18-33)32-27(21-12-14-22(30)15-13-21)26(23-10-6-7-11-24(23)29(32)35)28(34)31-17-16-20-8-4-3-5-9-20/h3-12,14-15,19,21,25-27,33H,13,16-18H2,1-2H3,(H,31,34)/t21?,25-,26+,27-/m1/s1. The molecule has 0 fully saturated rings. The number of fused-ring (bicyclic) bond motifs is 1.